The first kappa shape index (κ1) is 15.4. The monoisotopic (exact) mass is 321 g/mol. The molecule has 22 heavy (non-hydrogen) atoms. The Labute approximate surface area is 134 Å². The van der Waals surface area contributed by atoms with Gasteiger partial charge in [0.15, 0.2) is 5.13 Å². The second-order valence-corrected chi connectivity index (χ2v) is 6.56. The highest BCUT2D eigenvalue weighted by Crippen LogP contribution is 2.28. The number of halogens is 1. The average Bonchev–Trinajstić information content (AvgIpc) is 2.97. The smallest absolute Gasteiger partial charge is 0.186 e. The first-order valence-electron chi connectivity index (χ1n) is 7.34. The number of nitrogens with zero attached hydrogens (tertiary/aromatic N) is 3. The van der Waals surface area contributed by atoms with E-state index in [0.717, 1.165) is 42.6 Å². The van der Waals surface area contributed by atoms with E-state index in [-0.39, 0.29) is 11.9 Å². The van der Waals surface area contributed by atoms with Gasteiger partial charge in [0.05, 0.1) is 18.4 Å². The van der Waals surface area contributed by atoms with E-state index >= 15 is 0 Å². The Balaban J connectivity index is 1.71. The van der Waals surface area contributed by atoms with E-state index < -0.39 is 0 Å². The minimum Gasteiger partial charge on any atom is -0.373 e. The van der Waals surface area contributed by atoms with Crippen LogP contribution in [0.4, 0.5) is 9.52 Å². The van der Waals surface area contributed by atoms with Crippen LogP contribution in [0, 0.1) is 5.82 Å². The number of hydrogen-bond acceptors (Lipinski definition) is 5. The molecular weight excluding hydrogens is 301 g/mol. The van der Waals surface area contributed by atoms with Gasteiger partial charge in [-0.25, -0.2) is 9.37 Å². The van der Waals surface area contributed by atoms with Crippen LogP contribution < -0.4 is 4.90 Å². The van der Waals surface area contributed by atoms with Crippen LogP contribution in [0.3, 0.4) is 0 Å². The number of ether oxygens (including phenoxy) is 1. The maximum atomic E-state index is 13.0. The zero-order chi connectivity index (χ0) is 15.5. The highest BCUT2D eigenvalue weighted by molar-refractivity contribution is 7.14. The molecule has 1 fully saturated rings. The van der Waals surface area contributed by atoms with E-state index in [1.54, 1.807) is 23.5 Å². The summed E-state index contributed by atoms with van der Waals surface area (Å²) >= 11 is 1.63. The fourth-order valence-electron chi connectivity index (χ4n) is 2.57. The van der Waals surface area contributed by atoms with Crippen molar-refractivity contribution < 1.29 is 9.13 Å². The minimum atomic E-state index is -0.223. The van der Waals surface area contributed by atoms with Crippen molar-refractivity contribution >= 4 is 16.5 Å². The Morgan fingerprint density at radius 2 is 2.14 bits per heavy atom. The van der Waals surface area contributed by atoms with Crippen LogP contribution in [0.2, 0.25) is 0 Å². The lowest BCUT2D eigenvalue weighted by atomic mass is 10.2. The van der Waals surface area contributed by atoms with Crippen LogP contribution in [-0.4, -0.2) is 56.3 Å². The van der Waals surface area contributed by atoms with Crippen LogP contribution in [-0.2, 0) is 4.74 Å². The molecule has 1 atom stereocenters. The molecule has 1 aliphatic heterocycles. The van der Waals surface area contributed by atoms with E-state index in [2.05, 4.69) is 23.9 Å². The standard InChI is InChI=1S/C16H20FN3OS/c1-19(2)9-14-10-20(7-8-21-14)16-18-15(11-22-16)12-3-5-13(17)6-4-12/h3-6,11,14H,7-10H2,1-2H3. The van der Waals surface area contributed by atoms with E-state index in [9.17, 15) is 4.39 Å². The minimum absolute atomic E-state index is 0.210. The molecular formula is C16H20FN3OS. The lowest BCUT2D eigenvalue weighted by Crippen LogP contribution is -2.46. The van der Waals surface area contributed by atoms with E-state index in [4.69, 9.17) is 9.72 Å². The van der Waals surface area contributed by atoms with Crippen LogP contribution >= 0.6 is 11.3 Å². The van der Waals surface area contributed by atoms with Crippen LogP contribution in [0.25, 0.3) is 11.3 Å². The Kier molecular flexibility index (Phi) is 4.71. The Morgan fingerprint density at radius 3 is 2.86 bits per heavy atom. The molecule has 0 radical (unpaired) electrons. The summed E-state index contributed by atoms with van der Waals surface area (Å²) in [5, 5.41) is 3.03. The summed E-state index contributed by atoms with van der Waals surface area (Å²) in [6.45, 7) is 3.35. The molecule has 0 aliphatic carbocycles. The van der Waals surface area contributed by atoms with Crippen LogP contribution in [0.1, 0.15) is 0 Å². The van der Waals surface area contributed by atoms with Gasteiger partial charge in [-0.05, 0) is 38.4 Å². The maximum absolute atomic E-state index is 13.0. The van der Waals surface area contributed by atoms with Crippen molar-refractivity contribution in [3.8, 4) is 11.3 Å². The molecule has 4 nitrogen and oxygen atoms in total. The lowest BCUT2D eigenvalue weighted by molar-refractivity contribution is 0.0248. The van der Waals surface area contributed by atoms with Crippen molar-refractivity contribution in [1.29, 1.82) is 0 Å². The normalized spacial score (nSPS) is 18.9. The van der Waals surface area contributed by atoms with E-state index in [0.29, 0.717) is 0 Å². The van der Waals surface area contributed by atoms with Crippen molar-refractivity contribution in [3.05, 3.63) is 35.5 Å². The first-order chi connectivity index (χ1) is 10.6. The van der Waals surface area contributed by atoms with Crippen molar-refractivity contribution in [2.45, 2.75) is 6.10 Å². The van der Waals surface area contributed by atoms with Crippen molar-refractivity contribution in [2.24, 2.45) is 0 Å². The van der Waals surface area contributed by atoms with Gasteiger partial charge in [-0.3, -0.25) is 0 Å². The highest BCUT2D eigenvalue weighted by atomic mass is 32.1. The number of morpholine rings is 1. The molecule has 6 heteroatoms. The third kappa shape index (κ3) is 3.63. The molecule has 0 amide bonds. The zero-order valence-electron chi connectivity index (χ0n) is 12.8. The number of rotatable bonds is 4. The van der Waals surface area contributed by atoms with Gasteiger partial charge < -0.3 is 14.5 Å². The molecule has 2 aromatic rings. The summed E-state index contributed by atoms with van der Waals surface area (Å²) in [7, 11) is 4.11. The molecule has 1 aliphatic rings. The summed E-state index contributed by atoms with van der Waals surface area (Å²) < 4.78 is 18.8. The summed E-state index contributed by atoms with van der Waals surface area (Å²) in [6.07, 6.45) is 0.210. The van der Waals surface area contributed by atoms with Gasteiger partial charge in [-0.2, -0.15) is 0 Å². The fraction of sp³-hybridized carbons (Fsp3) is 0.438. The third-order valence-corrected chi connectivity index (χ3v) is 4.51. The summed E-state index contributed by atoms with van der Waals surface area (Å²) in [5.41, 5.74) is 1.85. The second kappa shape index (κ2) is 6.73. The van der Waals surface area contributed by atoms with Crippen molar-refractivity contribution in [3.63, 3.8) is 0 Å². The topological polar surface area (TPSA) is 28.6 Å². The van der Waals surface area contributed by atoms with Gasteiger partial charge in [-0.1, -0.05) is 0 Å². The van der Waals surface area contributed by atoms with E-state index in [1.165, 1.54) is 12.1 Å². The maximum Gasteiger partial charge on any atom is 0.186 e. The zero-order valence-corrected chi connectivity index (χ0v) is 13.6. The number of benzene rings is 1. The van der Waals surface area contributed by atoms with Crippen LogP contribution in [0.5, 0.6) is 0 Å². The largest absolute Gasteiger partial charge is 0.373 e. The summed E-state index contributed by atoms with van der Waals surface area (Å²) in [6, 6.07) is 6.47. The first-order valence-corrected chi connectivity index (χ1v) is 8.22. The van der Waals surface area contributed by atoms with Gasteiger partial charge in [-0.15, -0.1) is 11.3 Å². The molecule has 118 valence electrons. The molecule has 2 heterocycles. The highest BCUT2D eigenvalue weighted by Gasteiger charge is 2.23. The summed E-state index contributed by atoms with van der Waals surface area (Å²) in [4.78, 5) is 9.11. The van der Waals surface area contributed by atoms with Gasteiger partial charge in [0.25, 0.3) is 0 Å². The quantitative estimate of drug-likeness (QED) is 0.866. The van der Waals surface area contributed by atoms with Gasteiger partial charge in [0, 0.05) is 30.6 Å². The average molecular weight is 321 g/mol. The predicted molar refractivity (Wildman–Crippen MR) is 88.0 cm³/mol. The molecule has 0 saturated carbocycles. The Morgan fingerprint density at radius 1 is 1.36 bits per heavy atom. The number of thiazole rings is 1. The molecule has 0 bridgehead atoms. The molecule has 1 saturated heterocycles. The van der Waals surface area contributed by atoms with Gasteiger partial charge in [0.1, 0.15) is 5.82 Å². The molecule has 0 spiro atoms. The van der Waals surface area contributed by atoms with Crippen molar-refractivity contribution in [1.82, 2.24) is 9.88 Å². The fourth-order valence-corrected chi connectivity index (χ4v) is 3.45. The molecule has 3 rings (SSSR count). The number of anilines is 1. The second-order valence-electron chi connectivity index (χ2n) is 5.72. The molecule has 1 aromatic carbocycles. The third-order valence-electron chi connectivity index (χ3n) is 3.61. The Bertz CT molecular complexity index is 614. The molecule has 0 N–H and O–H groups in total. The SMILES string of the molecule is CN(C)CC1CN(c2nc(-c3ccc(F)cc3)cs2)CCO1. The van der Waals surface area contributed by atoms with Crippen LogP contribution in [0.15, 0.2) is 29.6 Å². The summed E-state index contributed by atoms with van der Waals surface area (Å²) in [5.74, 6) is -0.223. The predicted octanol–water partition coefficient (Wildman–Crippen LogP) is 2.72. The van der Waals surface area contributed by atoms with Gasteiger partial charge >= 0.3 is 0 Å². The Hall–Kier alpha value is -1.50. The van der Waals surface area contributed by atoms with Gasteiger partial charge in [0.2, 0.25) is 0 Å². The molecule has 1 aromatic heterocycles. The lowest BCUT2D eigenvalue weighted by Gasteiger charge is -2.33. The van der Waals surface area contributed by atoms with Crippen molar-refractivity contribution in [2.75, 3.05) is 45.2 Å². The number of likely N-dealkylation sites (N-methyl/N-ethyl adjacent to an activating group) is 1. The molecule has 1 unspecified atom stereocenters. The van der Waals surface area contributed by atoms with E-state index in [1.807, 2.05) is 5.38 Å². The number of hydrogen-bond donors (Lipinski definition) is 0. The number of aromatic nitrogens is 1.